The summed E-state index contributed by atoms with van der Waals surface area (Å²) in [7, 11) is 0. The number of anilines is 1. The molecule has 1 unspecified atom stereocenters. The number of nitrogens with zero attached hydrogens (tertiary/aromatic N) is 1. The summed E-state index contributed by atoms with van der Waals surface area (Å²) < 4.78 is 5.38. The molecule has 0 N–H and O–H groups in total. The maximum absolute atomic E-state index is 12.8. The zero-order valence-electron chi connectivity index (χ0n) is 13.9. The van der Waals surface area contributed by atoms with Crippen molar-refractivity contribution in [2.45, 2.75) is 6.42 Å². The van der Waals surface area contributed by atoms with Crippen LogP contribution in [0.1, 0.15) is 15.9 Å². The average Bonchev–Trinajstić information content (AvgIpc) is 2.67. The molecule has 2 aromatic rings. The van der Waals surface area contributed by atoms with Gasteiger partial charge in [-0.3, -0.25) is 4.79 Å². The number of hydrogen-bond donors (Lipinski definition) is 0. The molecule has 0 aromatic heterocycles. The lowest BCUT2D eigenvalue weighted by Crippen LogP contribution is -2.36. The number of morpholine rings is 1. The summed E-state index contributed by atoms with van der Waals surface area (Å²) in [6.45, 7) is 7.17. The van der Waals surface area contributed by atoms with Crippen molar-refractivity contribution in [2.24, 2.45) is 5.92 Å². The van der Waals surface area contributed by atoms with Gasteiger partial charge < -0.3 is 9.64 Å². The smallest absolute Gasteiger partial charge is 0.170 e. The Bertz CT molecular complexity index is 673. The van der Waals surface area contributed by atoms with Crippen LogP contribution in [0.3, 0.4) is 0 Å². The average molecular weight is 321 g/mol. The predicted molar refractivity (Wildman–Crippen MR) is 97.6 cm³/mol. The molecule has 2 aromatic carbocycles. The van der Waals surface area contributed by atoms with E-state index in [1.807, 2.05) is 54.6 Å². The maximum atomic E-state index is 12.8. The first-order chi connectivity index (χ1) is 11.8. The van der Waals surface area contributed by atoms with E-state index in [2.05, 4.69) is 11.5 Å². The molecule has 0 aliphatic carbocycles. The third kappa shape index (κ3) is 3.92. The van der Waals surface area contributed by atoms with E-state index in [4.69, 9.17) is 4.74 Å². The van der Waals surface area contributed by atoms with E-state index in [-0.39, 0.29) is 11.7 Å². The summed E-state index contributed by atoms with van der Waals surface area (Å²) in [5, 5.41) is 0. The number of hydrogen-bond acceptors (Lipinski definition) is 3. The molecule has 0 spiro atoms. The quantitative estimate of drug-likeness (QED) is 0.599. The molecule has 24 heavy (non-hydrogen) atoms. The Balaban J connectivity index is 1.70. The van der Waals surface area contributed by atoms with Crippen LogP contribution >= 0.6 is 0 Å². The fraction of sp³-hybridized carbons (Fsp3) is 0.286. The van der Waals surface area contributed by atoms with Gasteiger partial charge in [-0.25, -0.2) is 0 Å². The Labute approximate surface area is 143 Å². The monoisotopic (exact) mass is 321 g/mol. The van der Waals surface area contributed by atoms with E-state index in [9.17, 15) is 4.79 Å². The summed E-state index contributed by atoms with van der Waals surface area (Å²) >= 11 is 0. The first-order valence-electron chi connectivity index (χ1n) is 8.41. The molecule has 0 radical (unpaired) electrons. The summed E-state index contributed by atoms with van der Waals surface area (Å²) in [5.74, 6) is -0.0657. The van der Waals surface area contributed by atoms with Crippen molar-refractivity contribution in [1.82, 2.24) is 0 Å². The number of benzene rings is 2. The molecule has 3 heteroatoms. The molecule has 3 rings (SSSR count). The van der Waals surface area contributed by atoms with Gasteiger partial charge in [-0.15, -0.1) is 6.58 Å². The molecule has 1 aliphatic heterocycles. The van der Waals surface area contributed by atoms with Crippen molar-refractivity contribution in [3.8, 4) is 0 Å². The number of allylic oxidation sites excluding steroid dienone is 1. The van der Waals surface area contributed by atoms with E-state index >= 15 is 0 Å². The highest BCUT2D eigenvalue weighted by atomic mass is 16.5. The largest absolute Gasteiger partial charge is 0.378 e. The Morgan fingerprint density at radius 2 is 1.75 bits per heavy atom. The minimum Gasteiger partial charge on any atom is -0.378 e. The molecule has 124 valence electrons. The van der Waals surface area contributed by atoms with Gasteiger partial charge in [-0.1, -0.05) is 36.4 Å². The lowest BCUT2D eigenvalue weighted by Gasteiger charge is -2.29. The number of rotatable bonds is 6. The number of carbonyl (C=O) groups is 1. The molecule has 1 atom stereocenters. The van der Waals surface area contributed by atoms with Crippen LogP contribution in [-0.2, 0) is 11.2 Å². The summed E-state index contributed by atoms with van der Waals surface area (Å²) in [5.41, 5.74) is 3.04. The highest BCUT2D eigenvalue weighted by molar-refractivity contribution is 5.99. The van der Waals surface area contributed by atoms with Gasteiger partial charge in [0.25, 0.3) is 0 Å². The van der Waals surface area contributed by atoms with Gasteiger partial charge in [0.1, 0.15) is 0 Å². The number of carbonyl (C=O) groups excluding carboxylic acids is 1. The highest BCUT2D eigenvalue weighted by Gasteiger charge is 2.18. The van der Waals surface area contributed by atoms with E-state index in [0.717, 1.165) is 43.1 Å². The lowest BCUT2D eigenvalue weighted by atomic mass is 9.91. The molecule has 1 saturated heterocycles. The van der Waals surface area contributed by atoms with Crippen molar-refractivity contribution >= 4 is 11.5 Å². The number of Topliss-reactive ketones (excluding diaryl/α,β-unsaturated/α-hetero) is 1. The second-order valence-corrected chi connectivity index (χ2v) is 6.04. The summed E-state index contributed by atoms with van der Waals surface area (Å²) in [4.78, 5) is 15.0. The zero-order chi connectivity index (χ0) is 16.8. The van der Waals surface area contributed by atoms with Gasteiger partial charge in [0.2, 0.25) is 0 Å². The standard InChI is InChI=1S/C21H23NO2/c1-2-18(16-17-6-4-3-5-7-17)21(23)19-8-10-20(11-9-19)22-12-14-24-15-13-22/h2-11,18H,1,12-16H2. The molecule has 0 saturated carbocycles. The van der Waals surface area contributed by atoms with Crippen LogP contribution in [0.15, 0.2) is 67.3 Å². The van der Waals surface area contributed by atoms with Crippen LogP contribution in [0, 0.1) is 5.92 Å². The van der Waals surface area contributed by atoms with Gasteiger partial charge in [0.15, 0.2) is 5.78 Å². The van der Waals surface area contributed by atoms with E-state index in [1.165, 1.54) is 0 Å². The second-order valence-electron chi connectivity index (χ2n) is 6.04. The van der Waals surface area contributed by atoms with Crippen molar-refractivity contribution in [2.75, 3.05) is 31.2 Å². The van der Waals surface area contributed by atoms with Gasteiger partial charge in [-0.05, 0) is 36.2 Å². The summed E-state index contributed by atoms with van der Waals surface area (Å²) in [6, 6.07) is 18.0. The third-order valence-corrected chi connectivity index (χ3v) is 4.45. The molecule has 1 fully saturated rings. The fourth-order valence-corrected chi connectivity index (χ4v) is 3.02. The SMILES string of the molecule is C=CC(Cc1ccccc1)C(=O)c1ccc(N2CCOCC2)cc1. The first kappa shape index (κ1) is 16.5. The van der Waals surface area contributed by atoms with Gasteiger partial charge >= 0.3 is 0 Å². The Morgan fingerprint density at radius 1 is 1.08 bits per heavy atom. The highest BCUT2D eigenvalue weighted by Crippen LogP contribution is 2.20. The van der Waals surface area contributed by atoms with Crippen LogP contribution in [0.4, 0.5) is 5.69 Å². The fourth-order valence-electron chi connectivity index (χ4n) is 3.02. The maximum Gasteiger partial charge on any atom is 0.170 e. The van der Waals surface area contributed by atoms with E-state index in [0.29, 0.717) is 6.42 Å². The van der Waals surface area contributed by atoms with Crippen LogP contribution in [0.5, 0.6) is 0 Å². The number of ketones is 1. The topological polar surface area (TPSA) is 29.5 Å². The van der Waals surface area contributed by atoms with Gasteiger partial charge in [0.05, 0.1) is 13.2 Å². The van der Waals surface area contributed by atoms with Crippen molar-refractivity contribution in [1.29, 1.82) is 0 Å². The van der Waals surface area contributed by atoms with Crippen molar-refractivity contribution in [3.05, 3.63) is 78.4 Å². The Hall–Kier alpha value is -2.39. The molecule has 1 heterocycles. The minimum atomic E-state index is -0.193. The Kier molecular flexibility index (Phi) is 5.44. The number of ether oxygens (including phenoxy) is 1. The predicted octanol–water partition coefficient (Wildman–Crippen LogP) is 3.75. The van der Waals surface area contributed by atoms with Gasteiger partial charge in [0, 0.05) is 30.3 Å². The third-order valence-electron chi connectivity index (χ3n) is 4.45. The van der Waals surface area contributed by atoms with Crippen LogP contribution in [0.2, 0.25) is 0 Å². The molecule has 3 nitrogen and oxygen atoms in total. The normalized spacial score (nSPS) is 15.8. The van der Waals surface area contributed by atoms with Crippen molar-refractivity contribution in [3.63, 3.8) is 0 Å². The summed E-state index contributed by atoms with van der Waals surface area (Å²) in [6.07, 6.45) is 2.44. The first-order valence-corrected chi connectivity index (χ1v) is 8.41. The molecule has 0 bridgehead atoms. The Morgan fingerprint density at radius 3 is 2.38 bits per heavy atom. The molecule has 1 aliphatic rings. The molecule has 0 amide bonds. The van der Waals surface area contributed by atoms with Crippen LogP contribution in [0.25, 0.3) is 0 Å². The van der Waals surface area contributed by atoms with Crippen LogP contribution in [-0.4, -0.2) is 32.1 Å². The van der Waals surface area contributed by atoms with Crippen molar-refractivity contribution < 1.29 is 9.53 Å². The van der Waals surface area contributed by atoms with E-state index < -0.39 is 0 Å². The zero-order valence-corrected chi connectivity index (χ0v) is 13.9. The van der Waals surface area contributed by atoms with Gasteiger partial charge in [-0.2, -0.15) is 0 Å². The van der Waals surface area contributed by atoms with Crippen LogP contribution < -0.4 is 4.90 Å². The molecular weight excluding hydrogens is 298 g/mol. The van der Waals surface area contributed by atoms with E-state index in [1.54, 1.807) is 6.08 Å². The molecular formula is C21H23NO2. The second kappa shape index (κ2) is 7.93. The minimum absolute atomic E-state index is 0.127. The lowest BCUT2D eigenvalue weighted by molar-refractivity contribution is 0.0945.